The molecule has 0 atom stereocenters. The molecule has 158 valence electrons. The van der Waals surface area contributed by atoms with Crippen molar-refractivity contribution >= 4 is 22.4 Å². The van der Waals surface area contributed by atoms with E-state index in [4.69, 9.17) is 11.6 Å². The second-order valence-corrected chi connectivity index (χ2v) is 8.50. The van der Waals surface area contributed by atoms with Crippen LogP contribution in [0.25, 0.3) is 10.8 Å². The minimum absolute atomic E-state index is 0.357. The summed E-state index contributed by atoms with van der Waals surface area (Å²) in [5, 5.41) is 1.11. The van der Waals surface area contributed by atoms with E-state index >= 15 is 0 Å². The van der Waals surface area contributed by atoms with Gasteiger partial charge in [0.1, 0.15) is 10.8 Å². The Bertz CT molecular complexity index is 1190. The van der Waals surface area contributed by atoms with Crippen LogP contribution in [0.15, 0.2) is 55.1 Å². The molecule has 0 amide bonds. The van der Waals surface area contributed by atoms with Crippen LogP contribution in [0.3, 0.4) is 0 Å². The third-order valence-electron chi connectivity index (χ3n) is 6.16. The predicted octanol–water partition coefficient (Wildman–Crippen LogP) is 8.16. The fraction of sp³-hybridized carbons (Fsp3) is 0.259. The first-order chi connectivity index (χ1) is 15.0. The maximum Gasteiger partial charge on any atom is 0.181 e. The molecular formula is C27H22ClF3. The van der Waals surface area contributed by atoms with Crippen LogP contribution in [-0.4, -0.2) is 0 Å². The van der Waals surface area contributed by atoms with Crippen molar-refractivity contribution in [1.29, 1.82) is 0 Å². The molecule has 1 fully saturated rings. The third kappa shape index (κ3) is 4.50. The molecule has 0 N–H and O–H groups in total. The first-order valence-corrected chi connectivity index (χ1v) is 10.8. The standard InChI is InChI=1S/C27H22ClF3/c1-2-4-17-7-9-18(10-8-17)20-13-14-23-19(5-3-6-21(23)15-20)11-12-22-16-24(29)25(28)27(31)26(22)30/h2-3,5-6,13-18H,1,4,7-10H2. The molecule has 3 aromatic rings. The Morgan fingerprint density at radius 1 is 0.935 bits per heavy atom. The molecule has 0 saturated heterocycles. The highest BCUT2D eigenvalue weighted by atomic mass is 35.5. The lowest BCUT2D eigenvalue weighted by Gasteiger charge is -2.28. The van der Waals surface area contributed by atoms with E-state index in [1.807, 2.05) is 30.3 Å². The summed E-state index contributed by atoms with van der Waals surface area (Å²) in [5.41, 5.74) is 1.64. The largest absolute Gasteiger partial charge is 0.205 e. The minimum atomic E-state index is -1.42. The van der Waals surface area contributed by atoms with Gasteiger partial charge in [-0.05, 0) is 72.4 Å². The van der Waals surface area contributed by atoms with Crippen molar-refractivity contribution in [3.8, 4) is 11.8 Å². The van der Waals surface area contributed by atoms with Crippen molar-refractivity contribution in [2.24, 2.45) is 5.92 Å². The molecule has 0 nitrogen and oxygen atoms in total. The van der Waals surface area contributed by atoms with E-state index in [0.29, 0.717) is 11.5 Å². The number of halogens is 4. The van der Waals surface area contributed by atoms with Gasteiger partial charge in [-0.15, -0.1) is 6.58 Å². The first-order valence-electron chi connectivity index (χ1n) is 10.5. The van der Waals surface area contributed by atoms with Crippen molar-refractivity contribution in [2.75, 3.05) is 0 Å². The average Bonchev–Trinajstić information content (AvgIpc) is 2.79. The van der Waals surface area contributed by atoms with Crippen molar-refractivity contribution in [1.82, 2.24) is 0 Å². The Morgan fingerprint density at radius 3 is 2.42 bits per heavy atom. The van der Waals surface area contributed by atoms with E-state index in [0.717, 1.165) is 29.2 Å². The normalized spacial score (nSPS) is 18.5. The van der Waals surface area contributed by atoms with Gasteiger partial charge in [0.15, 0.2) is 11.6 Å². The van der Waals surface area contributed by atoms with Crippen LogP contribution in [0.4, 0.5) is 13.2 Å². The molecule has 1 aliphatic carbocycles. The van der Waals surface area contributed by atoms with Crippen LogP contribution in [0.1, 0.15) is 54.7 Å². The topological polar surface area (TPSA) is 0 Å². The molecule has 0 unspecified atom stereocenters. The van der Waals surface area contributed by atoms with Gasteiger partial charge in [-0.3, -0.25) is 0 Å². The zero-order valence-electron chi connectivity index (χ0n) is 17.0. The highest BCUT2D eigenvalue weighted by molar-refractivity contribution is 6.30. The fourth-order valence-corrected chi connectivity index (χ4v) is 4.57. The number of allylic oxidation sites excluding steroid dienone is 1. The maximum atomic E-state index is 14.1. The Kier molecular flexibility index (Phi) is 6.39. The van der Waals surface area contributed by atoms with E-state index in [9.17, 15) is 13.2 Å². The first kappa shape index (κ1) is 21.5. The Balaban J connectivity index is 1.62. The second kappa shape index (κ2) is 9.20. The molecule has 4 rings (SSSR count). The average molecular weight is 439 g/mol. The Morgan fingerprint density at radius 2 is 1.68 bits per heavy atom. The molecule has 1 saturated carbocycles. The predicted molar refractivity (Wildman–Crippen MR) is 121 cm³/mol. The lowest BCUT2D eigenvalue weighted by molar-refractivity contribution is 0.328. The van der Waals surface area contributed by atoms with Crippen molar-refractivity contribution in [3.63, 3.8) is 0 Å². The molecule has 31 heavy (non-hydrogen) atoms. The zero-order chi connectivity index (χ0) is 22.0. The summed E-state index contributed by atoms with van der Waals surface area (Å²) in [4.78, 5) is 0. The maximum absolute atomic E-state index is 14.1. The molecule has 0 aromatic heterocycles. The molecule has 0 aliphatic heterocycles. The summed E-state index contributed by atoms with van der Waals surface area (Å²) >= 11 is 5.41. The summed E-state index contributed by atoms with van der Waals surface area (Å²) < 4.78 is 41.4. The monoisotopic (exact) mass is 438 g/mol. The van der Waals surface area contributed by atoms with E-state index < -0.39 is 22.5 Å². The van der Waals surface area contributed by atoms with Gasteiger partial charge in [0.2, 0.25) is 0 Å². The number of benzene rings is 3. The zero-order valence-corrected chi connectivity index (χ0v) is 17.8. The lowest BCUT2D eigenvalue weighted by Crippen LogP contribution is -2.12. The van der Waals surface area contributed by atoms with Crippen molar-refractivity contribution < 1.29 is 13.2 Å². The van der Waals surface area contributed by atoms with Gasteiger partial charge in [-0.2, -0.15) is 0 Å². The third-order valence-corrected chi connectivity index (χ3v) is 6.50. The highest BCUT2D eigenvalue weighted by Crippen LogP contribution is 2.38. The van der Waals surface area contributed by atoms with Crippen molar-refractivity contribution in [2.45, 2.75) is 38.0 Å². The van der Waals surface area contributed by atoms with E-state index in [2.05, 4.69) is 30.6 Å². The van der Waals surface area contributed by atoms with Gasteiger partial charge in [0.25, 0.3) is 0 Å². The second-order valence-electron chi connectivity index (χ2n) is 8.13. The molecule has 3 aromatic carbocycles. The summed E-state index contributed by atoms with van der Waals surface area (Å²) in [6.07, 6.45) is 7.91. The molecule has 1 aliphatic rings. The Hall–Kier alpha value is -2.70. The molecule has 4 heteroatoms. The summed E-state index contributed by atoms with van der Waals surface area (Å²) in [6.45, 7) is 3.85. The highest BCUT2D eigenvalue weighted by Gasteiger charge is 2.22. The smallest absolute Gasteiger partial charge is 0.181 e. The summed E-state index contributed by atoms with van der Waals surface area (Å²) in [5.74, 6) is 3.02. The molecule has 0 bridgehead atoms. The number of hydrogen-bond donors (Lipinski definition) is 0. The van der Waals surface area contributed by atoms with Crippen LogP contribution in [0, 0.1) is 35.2 Å². The molecule has 0 heterocycles. The van der Waals surface area contributed by atoms with E-state index in [1.54, 1.807) is 0 Å². The van der Waals surface area contributed by atoms with Gasteiger partial charge in [-0.1, -0.05) is 59.8 Å². The molecule has 0 spiro atoms. The summed E-state index contributed by atoms with van der Waals surface area (Å²) in [7, 11) is 0. The van der Waals surface area contributed by atoms with Crippen LogP contribution >= 0.6 is 11.6 Å². The lowest BCUT2D eigenvalue weighted by atomic mass is 9.77. The van der Waals surface area contributed by atoms with Crippen LogP contribution in [-0.2, 0) is 0 Å². The summed E-state index contributed by atoms with van der Waals surface area (Å²) in [6, 6.07) is 12.9. The minimum Gasteiger partial charge on any atom is -0.205 e. The van der Waals surface area contributed by atoms with E-state index in [1.165, 1.54) is 31.2 Å². The molecule has 0 radical (unpaired) electrons. The van der Waals surface area contributed by atoms with Crippen LogP contribution in [0.2, 0.25) is 5.02 Å². The van der Waals surface area contributed by atoms with Gasteiger partial charge in [0.05, 0.1) is 5.56 Å². The Labute approximate surface area is 185 Å². The van der Waals surface area contributed by atoms with Gasteiger partial charge >= 0.3 is 0 Å². The molecular weight excluding hydrogens is 417 g/mol. The number of rotatable bonds is 3. The van der Waals surface area contributed by atoms with E-state index in [-0.39, 0.29) is 5.56 Å². The number of hydrogen-bond acceptors (Lipinski definition) is 0. The quantitative estimate of drug-likeness (QED) is 0.167. The van der Waals surface area contributed by atoms with Crippen LogP contribution in [0.5, 0.6) is 0 Å². The SMILES string of the molecule is C=CCC1CCC(c2ccc3c(C#Cc4cc(F)c(Cl)c(F)c4F)cccc3c2)CC1. The van der Waals surface area contributed by atoms with Crippen LogP contribution < -0.4 is 0 Å². The van der Waals surface area contributed by atoms with Gasteiger partial charge in [0, 0.05) is 5.56 Å². The van der Waals surface area contributed by atoms with Gasteiger partial charge < -0.3 is 0 Å². The van der Waals surface area contributed by atoms with Crippen molar-refractivity contribution in [3.05, 3.63) is 94.3 Å². The fourth-order valence-electron chi connectivity index (χ4n) is 4.43. The number of fused-ring (bicyclic) bond motifs is 1. The van der Waals surface area contributed by atoms with Gasteiger partial charge in [-0.25, -0.2) is 13.2 Å².